The van der Waals surface area contributed by atoms with E-state index in [0.717, 1.165) is 30.8 Å². The summed E-state index contributed by atoms with van der Waals surface area (Å²) in [6, 6.07) is -0.0120. The average molecular weight is 340 g/mol. The van der Waals surface area contributed by atoms with Crippen molar-refractivity contribution in [3.63, 3.8) is 0 Å². The van der Waals surface area contributed by atoms with Crippen molar-refractivity contribution < 1.29 is 4.79 Å². The minimum Gasteiger partial charge on any atom is -0.346 e. The number of halogens is 2. The van der Waals surface area contributed by atoms with E-state index in [-0.39, 0.29) is 42.3 Å². The molecule has 2 heterocycles. The van der Waals surface area contributed by atoms with Gasteiger partial charge in [-0.05, 0) is 39.7 Å². The highest BCUT2D eigenvalue weighted by atomic mass is 35.5. The summed E-state index contributed by atoms with van der Waals surface area (Å²) in [5.41, 5.74) is -0.361. The van der Waals surface area contributed by atoms with E-state index < -0.39 is 0 Å². The van der Waals surface area contributed by atoms with Crippen LogP contribution in [0.5, 0.6) is 0 Å². The first-order chi connectivity index (χ1) is 8.57. The van der Waals surface area contributed by atoms with Crippen molar-refractivity contribution in [1.29, 1.82) is 0 Å². The summed E-state index contributed by atoms with van der Waals surface area (Å²) in [5, 5.41) is 7.42. The van der Waals surface area contributed by atoms with Gasteiger partial charge in [-0.15, -0.1) is 36.2 Å². The molecule has 0 bridgehead atoms. The first-order valence-electron chi connectivity index (χ1n) is 6.56. The number of aryl methyl sites for hydroxylation is 1. The van der Waals surface area contributed by atoms with Gasteiger partial charge < -0.3 is 10.6 Å². The maximum absolute atomic E-state index is 12.4. The molecule has 1 fully saturated rings. The Balaban J connectivity index is 0.00000180. The number of carbonyl (C=O) groups is 1. The third-order valence-corrected chi connectivity index (χ3v) is 4.73. The lowest BCUT2D eigenvalue weighted by molar-refractivity contribution is -0.128. The minimum absolute atomic E-state index is 0. The Morgan fingerprint density at radius 2 is 2.30 bits per heavy atom. The topological polar surface area (TPSA) is 54.0 Å². The van der Waals surface area contributed by atoms with Crippen molar-refractivity contribution >= 4 is 42.1 Å². The number of rotatable bonds is 4. The van der Waals surface area contributed by atoms with E-state index in [4.69, 9.17) is 0 Å². The van der Waals surface area contributed by atoms with E-state index in [1.54, 1.807) is 11.3 Å². The minimum atomic E-state index is -0.361. The standard InChI is InChI=1S/C13H21N3OS.2ClH/c1-4-13(6-5-7-15-13)12(17)16-10(3)11-14-8-9(2)18-11;;/h8,10,15H,4-7H2,1-3H3,(H,16,17);2*1H. The number of thiazole rings is 1. The second-order valence-electron chi connectivity index (χ2n) is 4.97. The fourth-order valence-electron chi connectivity index (χ4n) is 2.43. The van der Waals surface area contributed by atoms with E-state index in [0.29, 0.717) is 0 Å². The lowest BCUT2D eigenvalue weighted by atomic mass is 9.93. The first-order valence-corrected chi connectivity index (χ1v) is 7.37. The summed E-state index contributed by atoms with van der Waals surface area (Å²) in [5.74, 6) is 0.114. The van der Waals surface area contributed by atoms with Crippen molar-refractivity contribution in [3.8, 4) is 0 Å². The monoisotopic (exact) mass is 339 g/mol. The summed E-state index contributed by atoms with van der Waals surface area (Å²) in [6.45, 7) is 7.03. The number of nitrogens with one attached hydrogen (secondary N) is 2. The van der Waals surface area contributed by atoms with Gasteiger partial charge in [0.25, 0.3) is 0 Å². The summed E-state index contributed by atoms with van der Waals surface area (Å²) >= 11 is 1.64. The molecular weight excluding hydrogens is 317 g/mol. The van der Waals surface area contributed by atoms with Crippen molar-refractivity contribution in [2.24, 2.45) is 0 Å². The molecule has 1 aromatic rings. The molecule has 0 aliphatic carbocycles. The van der Waals surface area contributed by atoms with E-state index in [9.17, 15) is 4.79 Å². The smallest absolute Gasteiger partial charge is 0.240 e. The third kappa shape index (κ3) is 4.07. The van der Waals surface area contributed by atoms with Crippen molar-refractivity contribution in [2.45, 2.75) is 51.6 Å². The number of aromatic nitrogens is 1. The van der Waals surface area contributed by atoms with Crippen molar-refractivity contribution in [1.82, 2.24) is 15.6 Å². The highest BCUT2D eigenvalue weighted by Gasteiger charge is 2.39. The zero-order chi connectivity index (χ0) is 13.2. The van der Waals surface area contributed by atoms with Gasteiger partial charge in [0.1, 0.15) is 5.01 Å². The van der Waals surface area contributed by atoms with Crippen LogP contribution in [0.3, 0.4) is 0 Å². The van der Waals surface area contributed by atoms with Crippen LogP contribution in [0, 0.1) is 6.92 Å². The number of amides is 1. The van der Waals surface area contributed by atoms with E-state index in [1.807, 2.05) is 20.0 Å². The van der Waals surface area contributed by atoms with Crippen LogP contribution in [0.15, 0.2) is 6.20 Å². The Hall–Kier alpha value is -0.360. The molecule has 1 aliphatic rings. The maximum Gasteiger partial charge on any atom is 0.240 e. The van der Waals surface area contributed by atoms with Crippen LogP contribution in [-0.2, 0) is 4.79 Å². The quantitative estimate of drug-likeness (QED) is 0.886. The summed E-state index contributed by atoms with van der Waals surface area (Å²) in [6.07, 6.45) is 4.69. The Morgan fingerprint density at radius 3 is 2.75 bits per heavy atom. The Bertz CT molecular complexity index is 433. The molecule has 2 atom stereocenters. The van der Waals surface area contributed by atoms with E-state index >= 15 is 0 Å². The predicted octanol–water partition coefficient (Wildman–Crippen LogP) is 3.00. The molecule has 2 N–H and O–H groups in total. The summed E-state index contributed by atoms with van der Waals surface area (Å²) in [7, 11) is 0. The van der Waals surface area contributed by atoms with Gasteiger partial charge in [0.15, 0.2) is 0 Å². The molecule has 116 valence electrons. The van der Waals surface area contributed by atoms with Crippen LogP contribution >= 0.6 is 36.2 Å². The summed E-state index contributed by atoms with van der Waals surface area (Å²) < 4.78 is 0. The molecule has 0 spiro atoms. The number of nitrogens with zero attached hydrogens (tertiary/aromatic N) is 1. The Morgan fingerprint density at radius 1 is 1.60 bits per heavy atom. The molecule has 1 aliphatic heterocycles. The predicted molar refractivity (Wildman–Crippen MR) is 88.2 cm³/mol. The van der Waals surface area contributed by atoms with Gasteiger partial charge >= 0.3 is 0 Å². The molecular formula is C13H23Cl2N3OS. The van der Waals surface area contributed by atoms with Gasteiger partial charge in [0, 0.05) is 11.1 Å². The van der Waals surface area contributed by atoms with Crippen LogP contribution in [0.25, 0.3) is 0 Å². The largest absolute Gasteiger partial charge is 0.346 e. The lowest BCUT2D eigenvalue weighted by Crippen LogP contribution is -2.53. The first kappa shape index (κ1) is 19.6. The van der Waals surface area contributed by atoms with Crippen molar-refractivity contribution in [2.75, 3.05) is 6.54 Å². The van der Waals surface area contributed by atoms with E-state index in [1.165, 1.54) is 4.88 Å². The zero-order valence-electron chi connectivity index (χ0n) is 12.1. The van der Waals surface area contributed by atoms with Gasteiger partial charge in [0.05, 0.1) is 11.6 Å². The van der Waals surface area contributed by atoms with Crippen molar-refractivity contribution in [3.05, 3.63) is 16.1 Å². The van der Waals surface area contributed by atoms with Crippen LogP contribution in [0.4, 0.5) is 0 Å². The fraction of sp³-hybridized carbons (Fsp3) is 0.692. The van der Waals surface area contributed by atoms with Gasteiger partial charge in [-0.3, -0.25) is 4.79 Å². The number of hydrogen-bond acceptors (Lipinski definition) is 4. The lowest BCUT2D eigenvalue weighted by Gasteiger charge is -2.28. The fourth-order valence-corrected chi connectivity index (χ4v) is 3.21. The third-order valence-electron chi connectivity index (χ3n) is 3.64. The molecule has 2 rings (SSSR count). The SMILES string of the molecule is CCC1(C(=O)NC(C)c2ncc(C)s2)CCCN1.Cl.Cl. The van der Waals surface area contributed by atoms with Crippen LogP contribution < -0.4 is 10.6 Å². The molecule has 1 amide bonds. The van der Waals surface area contributed by atoms with Gasteiger partial charge in [0.2, 0.25) is 5.91 Å². The van der Waals surface area contributed by atoms with Gasteiger partial charge in [-0.2, -0.15) is 0 Å². The molecule has 1 saturated heterocycles. The molecule has 0 saturated carbocycles. The molecule has 2 unspecified atom stereocenters. The second-order valence-corrected chi connectivity index (χ2v) is 6.24. The van der Waals surface area contributed by atoms with Crippen LogP contribution in [0.2, 0.25) is 0 Å². The van der Waals surface area contributed by atoms with E-state index in [2.05, 4.69) is 22.5 Å². The van der Waals surface area contributed by atoms with Gasteiger partial charge in [-0.1, -0.05) is 6.92 Å². The second kappa shape index (κ2) is 8.17. The Kier molecular flexibility index (Phi) is 8.03. The number of carbonyl (C=O) groups excluding carboxylic acids is 1. The average Bonchev–Trinajstić information content (AvgIpc) is 2.97. The molecule has 20 heavy (non-hydrogen) atoms. The Labute approximate surface area is 137 Å². The molecule has 1 aromatic heterocycles. The zero-order valence-corrected chi connectivity index (χ0v) is 14.5. The molecule has 7 heteroatoms. The number of hydrogen-bond donors (Lipinski definition) is 2. The maximum atomic E-state index is 12.4. The van der Waals surface area contributed by atoms with Crippen LogP contribution in [0.1, 0.15) is 49.0 Å². The van der Waals surface area contributed by atoms with Crippen LogP contribution in [-0.4, -0.2) is 23.0 Å². The normalized spacial score (nSPS) is 22.6. The highest BCUT2D eigenvalue weighted by Crippen LogP contribution is 2.25. The highest BCUT2D eigenvalue weighted by molar-refractivity contribution is 7.11. The molecule has 0 aromatic carbocycles. The molecule has 4 nitrogen and oxygen atoms in total. The van der Waals surface area contributed by atoms with Gasteiger partial charge in [-0.25, -0.2) is 4.98 Å². The summed E-state index contributed by atoms with van der Waals surface area (Å²) in [4.78, 5) is 17.9. The molecule has 0 radical (unpaired) electrons.